The van der Waals surface area contributed by atoms with E-state index >= 15 is 0 Å². The molecule has 0 bridgehead atoms. The third-order valence-electron chi connectivity index (χ3n) is 4.51. The zero-order valence-electron chi connectivity index (χ0n) is 13.5. The van der Waals surface area contributed by atoms with Crippen molar-refractivity contribution in [2.75, 3.05) is 26.2 Å². The van der Waals surface area contributed by atoms with Crippen molar-refractivity contribution in [3.05, 3.63) is 17.5 Å². The summed E-state index contributed by atoms with van der Waals surface area (Å²) >= 11 is 0. The smallest absolute Gasteiger partial charge is 0.0641 e. The normalized spacial score (nSPS) is 18.6. The molecule has 1 aromatic heterocycles. The quantitative estimate of drug-likeness (QED) is 0.868. The fourth-order valence-corrected chi connectivity index (χ4v) is 3.35. The third-order valence-corrected chi connectivity index (χ3v) is 4.51. The monoisotopic (exact) mass is 278 g/mol. The van der Waals surface area contributed by atoms with Crippen molar-refractivity contribution in [3.63, 3.8) is 0 Å². The molecule has 1 fully saturated rings. The highest BCUT2D eigenvalue weighted by Gasteiger charge is 2.23. The second-order valence-electron chi connectivity index (χ2n) is 6.21. The summed E-state index contributed by atoms with van der Waals surface area (Å²) in [5.41, 5.74) is 2.56. The van der Waals surface area contributed by atoms with E-state index < -0.39 is 0 Å². The van der Waals surface area contributed by atoms with Crippen LogP contribution in [0, 0.1) is 12.8 Å². The first kappa shape index (κ1) is 15.5. The van der Waals surface area contributed by atoms with Gasteiger partial charge in [-0.1, -0.05) is 6.92 Å². The van der Waals surface area contributed by atoms with Crippen molar-refractivity contribution in [1.82, 2.24) is 20.0 Å². The Morgan fingerprint density at radius 1 is 1.45 bits per heavy atom. The van der Waals surface area contributed by atoms with Crippen LogP contribution in [0.15, 0.2) is 6.20 Å². The molecule has 1 unspecified atom stereocenters. The minimum atomic E-state index is 0.471. The van der Waals surface area contributed by atoms with Gasteiger partial charge in [0, 0.05) is 31.4 Å². The van der Waals surface area contributed by atoms with E-state index in [1.54, 1.807) is 0 Å². The first-order chi connectivity index (χ1) is 9.61. The van der Waals surface area contributed by atoms with E-state index in [0.717, 1.165) is 5.92 Å². The maximum atomic E-state index is 4.50. The highest BCUT2D eigenvalue weighted by Crippen LogP contribution is 2.25. The molecular weight excluding hydrogens is 248 g/mol. The van der Waals surface area contributed by atoms with Crippen LogP contribution in [0.1, 0.15) is 50.4 Å². The molecule has 4 nitrogen and oxygen atoms in total. The molecule has 1 N–H and O–H groups in total. The predicted molar refractivity (Wildman–Crippen MR) is 83.8 cm³/mol. The lowest BCUT2D eigenvalue weighted by Crippen LogP contribution is -2.37. The lowest BCUT2D eigenvalue weighted by Gasteiger charge is -2.34. The van der Waals surface area contributed by atoms with Gasteiger partial charge >= 0.3 is 0 Å². The second kappa shape index (κ2) is 7.23. The van der Waals surface area contributed by atoms with Crippen molar-refractivity contribution in [2.45, 2.75) is 46.1 Å². The zero-order chi connectivity index (χ0) is 14.5. The van der Waals surface area contributed by atoms with E-state index in [1.165, 1.54) is 56.7 Å². The van der Waals surface area contributed by atoms with E-state index in [2.05, 4.69) is 42.3 Å². The Kier molecular flexibility index (Phi) is 5.61. The average molecular weight is 278 g/mol. The Morgan fingerprint density at radius 3 is 2.70 bits per heavy atom. The summed E-state index contributed by atoms with van der Waals surface area (Å²) in [7, 11) is 2.01. The van der Waals surface area contributed by atoms with Crippen LogP contribution in [0.4, 0.5) is 0 Å². The Balaban J connectivity index is 2.04. The number of aryl methyl sites for hydroxylation is 2. The molecule has 1 atom stereocenters. The van der Waals surface area contributed by atoms with Gasteiger partial charge in [0.15, 0.2) is 0 Å². The maximum absolute atomic E-state index is 4.50. The Bertz CT molecular complexity index is 407. The molecule has 0 aliphatic carbocycles. The lowest BCUT2D eigenvalue weighted by molar-refractivity contribution is 0.160. The fraction of sp³-hybridized carbons (Fsp3) is 0.812. The van der Waals surface area contributed by atoms with Gasteiger partial charge in [0.25, 0.3) is 0 Å². The standard InChI is InChI=1S/C16H30N4/c1-5-10-20(11-15-6-8-17-9-7-15)14(3)16-12-19(4)18-13(16)2/h12,14-15,17H,5-11H2,1-4H3. The minimum Gasteiger partial charge on any atom is -0.317 e. The number of aromatic nitrogens is 2. The molecule has 0 saturated carbocycles. The van der Waals surface area contributed by atoms with Crippen LogP contribution >= 0.6 is 0 Å². The van der Waals surface area contributed by atoms with Gasteiger partial charge in [-0.25, -0.2) is 0 Å². The van der Waals surface area contributed by atoms with Crippen molar-refractivity contribution in [2.24, 2.45) is 13.0 Å². The van der Waals surface area contributed by atoms with Gasteiger partial charge in [0.2, 0.25) is 0 Å². The van der Waals surface area contributed by atoms with Crippen LogP contribution in [0.2, 0.25) is 0 Å². The molecule has 1 aliphatic heterocycles. The van der Waals surface area contributed by atoms with Crippen molar-refractivity contribution in [1.29, 1.82) is 0 Å². The number of hydrogen-bond donors (Lipinski definition) is 1. The number of rotatable bonds is 6. The van der Waals surface area contributed by atoms with Gasteiger partial charge in [-0.15, -0.1) is 0 Å². The molecule has 1 saturated heterocycles. The van der Waals surface area contributed by atoms with Crippen LogP contribution in [-0.2, 0) is 7.05 Å². The molecular formula is C16H30N4. The van der Waals surface area contributed by atoms with Gasteiger partial charge in [0.05, 0.1) is 5.69 Å². The zero-order valence-corrected chi connectivity index (χ0v) is 13.5. The lowest BCUT2D eigenvalue weighted by atomic mass is 9.96. The van der Waals surface area contributed by atoms with Gasteiger partial charge in [-0.05, 0) is 58.7 Å². The molecule has 114 valence electrons. The molecule has 4 heteroatoms. The summed E-state index contributed by atoms with van der Waals surface area (Å²) in [6, 6.07) is 0.471. The van der Waals surface area contributed by atoms with Gasteiger partial charge < -0.3 is 5.32 Å². The SMILES string of the molecule is CCCN(CC1CCNCC1)C(C)c1cn(C)nc1C. The Hall–Kier alpha value is -0.870. The van der Waals surface area contributed by atoms with E-state index in [-0.39, 0.29) is 0 Å². The highest BCUT2D eigenvalue weighted by molar-refractivity contribution is 5.19. The molecule has 1 aliphatic rings. The molecule has 0 amide bonds. The molecule has 2 heterocycles. The maximum Gasteiger partial charge on any atom is 0.0641 e. The van der Waals surface area contributed by atoms with Gasteiger partial charge in [0.1, 0.15) is 0 Å². The predicted octanol–water partition coefficient (Wildman–Crippen LogP) is 2.50. The van der Waals surface area contributed by atoms with Crippen LogP contribution in [0.3, 0.4) is 0 Å². The largest absolute Gasteiger partial charge is 0.317 e. The summed E-state index contributed by atoms with van der Waals surface area (Å²) in [6.45, 7) is 11.5. The van der Waals surface area contributed by atoms with E-state index in [1.807, 2.05) is 11.7 Å². The van der Waals surface area contributed by atoms with Crippen LogP contribution in [0.5, 0.6) is 0 Å². The van der Waals surface area contributed by atoms with E-state index in [4.69, 9.17) is 0 Å². The number of nitrogens with zero attached hydrogens (tertiary/aromatic N) is 3. The second-order valence-corrected chi connectivity index (χ2v) is 6.21. The molecule has 0 aromatic carbocycles. The molecule has 1 aromatic rings. The topological polar surface area (TPSA) is 33.1 Å². The van der Waals surface area contributed by atoms with Crippen molar-refractivity contribution >= 4 is 0 Å². The molecule has 20 heavy (non-hydrogen) atoms. The highest BCUT2D eigenvalue weighted by atomic mass is 15.3. The van der Waals surface area contributed by atoms with Gasteiger partial charge in [-0.2, -0.15) is 5.10 Å². The number of nitrogens with one attached hydrogen (secondary N) is 1. The van der Waals surface area contributed by atoms with E-state index in [9.17, 15) is 0 Å². The van der Waals surface area contributed by atoms with Crippen molar-refractivity contribution in [3.8, 4) is 0 Å². The summed E-state index contributed by atoms with van der Waals surface area (Å²) in [5.74, 6) is 0.849. The molecule has 0 spiro atoms. The van der Waals surface area contributed by atoms with Gasteiger partial charge in [-0.3, -0.25) is 9.58 Å². The van der Waals surface area contributed by atoms with E-state index in [0.29, 0.717) is 6.04 Å². The fourth-order valence-electron chi connectivity index (χ4n) is 3.35. The average Bonchev–Trinajstić information content (AvgIpc) is 2.77. The Morgan fingerprint density at radius 2 is 2.15 bits per heavy atom. The summed E-state index contributed by atoms with van der Waals surface area (Å²) < 4.78 is 1.94. The summed E-state index contributed by atoms with van der Waals surface area (Å²) in [5, 5.41) is 7.96. The van der Waals surface area contributed by atoms with Crippen LogP contribution in [-0.4, -0.2) is 40.9 Å². The number of piperidine rings is 1. The first-order valence-electron chi connectivity index (χ1n) is 8.06. The third kappa shape index (κ3) is 3.83. The summed E-state index contributed by atoms with van der Waals surface area (Å²) in [6.07, 6.45) is 6.04. The minimum absolute atomic E-state index is 0.471. The first-order valence-corrected chi connectivity index (χ1v) is 8.06. The molecule has 2 rings (SSSR count). The van der Waals surface area contributed by atoms with Crippen molar-refractivity contribution < 1.29 is 0 Å². The Labute approximate surface area is 123 Å². The van der Waals surface area contributed by atoms with Crippen LogP contribution < -0.4 is 5.32 Å². The molecule has 0 radical (unpaired) electrons. The summed E-state index contributed by atoms with van der Waals surface area (Å²) in [4.78, 5) is 2.65. The number of hydrogen-bond acceptors (Lipinski definition) is 3. The van der Waals surface area contributed by atoms with Crippen LogP contribution in [0.25, 0.3) is 0 Å².